The van der Waals surface area contributed by atoms with Gasteiger partial charge in [0.1, 0.15) is 16.8 Å². The molecule has 3 rings (SSSR count). The van der Waals surface area contributed by atoms with Gasteiger partial charge in [-0.05, 0) is 57.9 Å². The molecule has 10 nitrogen and oxygen atoms in total. The fourth-order valence-electron chi connectivity index (χ4n) is 4.98. The lowest BCUT2D eigenvalue weighted by Gasteiger charge is -2.39. The number of hydrogen-bond acceptors (Lipinski definition) is 7. The van der Waals surface area contributed by atoms with Gasteiger partial charge >= 0.3 is 5.97 Å². The van der Waals surface area contributed by atoms with Gasteiger partial charge in [0, 0.05) is 51.2 Å². The standard InChI is InChI=1S/C26H37ClN4O6/c1-17(32)28-19(6-7-22(33)37-25(2,3)4)24(35)31-13-10-26(16-31)8-11-30(12-9-26)23(34)18-14-20(27)29-21(15-18)36-5/h14-15,19H,6-13,16H2,1-5H3,(H,28,32). The number of aromatic nitrogens is 1. The molecule has 3 heterocycles. The predicted octanol–water partition coefficient (Wildman–Crippen LogP) is 2.82. The Hall–Kier alpha value is -2.88. The number of esters is 1. The first-order valence-electron chi connectivity index (χ1n) is 12.6. The second-order valence-corrected chi connectivity index (χ2v) is 11.3. The first kappa shape index (κ1) is 28.7. The second-order valence-electron chi connectivity index (χ2n) is 10.9. The van der Waals surface area contributed by atoms with Gasteiger partial charge in [-0.1, -0.05) is 11.6 Å². The molecule has 0 aliphatic carbocycles. The van der Waals surface area contributed by atoms with E-state index in [4.69, 9.17) is 21.1 Å². The van der Waals surface area contributed by atoms with Gasteiger partial charge in [-0.25, -0.2) is 4.98 Å². The van der Waals surface area contributed by atoms with Crippen molar-refractivity contribution in [1.29, 1.82) is 0 Å². The molecular weight excluding hydrogens is 500 g/mol. The zero-order valence-electron chi connectivity index (χ0n) is 22.3. The summed E-state index contributed by atoms with van der Waals surface area (Å²) >= 11 is 6.03. The van der Waals surface area contributed by atoms with Crippen molar-refractivity contribution in [2.75, 3.05) is 33.3 Å². The fraction of sp³-hybridized carbons (Fsp3) is 0.654. The normalized spacial score (nSPS) is 17.9. The summed E-state index contributed by atoms with van der Waals surface area (Å²) < 4.78 is 10.5. The number of nitrogens with one attached hydrogen (secondary N) is 1. The Morgan fingerprint density at radius 3 is 2.30 bits per heavy atom. The number of carbonyl (C=O) groups excluding carboxylic acids is 4. The van der Waals surface area contributed by atoms with E-state index in [2.05, 4.69) is 10.3 Å². The number of rotatable bonds is 7. The molecule has 2 fully saturated rings. The topological polar surface area (TPSA) is 118 Å². The Morgan fingerprint density at radius 2 is 1.73 bits per heavy atom. The van der Waals surface area contributed by atoms with Crippen LogP contribution in [0.1, 0.15) is 70.2 Å². The number of amides is 3. The van der Waals surface area contributed by atoms with E-state index in [9.17, 15) is 19.2 Å². The molecular formula is C26H37ClN4O6. The molecule has 2 saturated heterocycles. The molecule has 0 bridgehead atoms. The third kappa shape index (κ3) is 7.80. The van der Waals surface area contributed by atoms with Gasteiger partial charge in [0.05, 0.1) is 7.11 Å². The summed E-state index contributed by atoms with van der Waals surface area (Å²) in [6, 6.07) is 2.33. The van der Waals surface area contributed by atoms with Crippen LogP contribution in [0.3, 0.4) is 0 Å². The second kappa shape index (κ2) is 11.7. The van der Waals surface area contributed by atoms with Gasteiger partial charge in [0.2, 0.25) is 17.7 Å². The Bertz CT molecular complexity index is 1030. The summed E-state index contributed by atoms with van der Waals surface area (Å²) in [5.74, 6) is -0.756. The lowest BCUT2D eigenvalue weighted by molar-refractivity contribution is -0.155. The number of pyridine rings is 1. The van der Waals surface area contributed by atoms with E-state index >= 15 is 0 Å². The van der Waals surface area contributed by atoms with Crippen molar-refractivity contribution in [2.24, 2.45) is 5.41 Å². The van der Waals surface area contributed by atoms with Gasteiger partial charge in [0.25, 0.3) is 5.91 Å². The van der Waals surface area contributed by atoms with Gasteiger partial charge < -0.3 is 24.6 Å². The molecule has 1 spiro atoms. The molecule has 2 aliphatic rings. The SMILES string of the molecule is COc1cc(C(=O)N2CCC3(CC2)CCN(C(=O)C(CCC(=O)OC(C)(C)C)NC(C)=O)C3)cc(Cl)n1. The van der Waals surface area contributed by atoms with Crippen LogP contribution in [-0.2, 0) is 19.1 Å². The van der Waals surface area contributed by atoms with Crippen LogP contribution in [0.4, 0.5) is 0 Å². The largest absolute Gasteiger partial charge is 0.481 e. The van der Waals surface area contributed by atoms with Crippen LogP contribution in [0, 0.1) is 5.41 Å². The van der Waals surface area contributed by atoms with E-state index in [0.717, 1.165) is 19.3 Å². The maximum atomic E-state index is 13.3. The minimum absolute atomic E-state index is 0.0355. The summed E-state index contributed by atoms with van der Waals surface area (Å²) in [4.78, 5) is 57.9. The van der Waals surface area contributed by atoms with Gasteiger partial charge in [-0.3, -0.25) is 19.2 Å². The highest BCUT2D eigenvalue weighted by atomic mass is 35.5. The summed E-state index contributed by atoms with van der Waals surface area (Å²) in [7, 11) is 1.47. The molecule has 3 amide bonds. The first-order valence-corrected chi connectivity index (χ1v) is 13.0. The van der Waals surface area contributed by atoms with Crippen molar-refractivity contribution in [3.05, 3.63) is 22.8 Å². The number of carbonyl (C=O) groups is 4. The zero-order valence-corrected chi connectivity index (χ0v) is 23.0. The van der Waals surface area contributed by atoms with E-state index in [-0.39, 0.29) is 47.0 Å². The van der Waals surface area contributed by atoms with Gasteiger partial charge in [-0.2, -0.15) is 0 Å². The van der Waals surface area contributed by atoms with Gasteiger partial charge in [0.15, 0.2) is 0 Å². The molecule has 37 heavy (non-hydrogen) atoms. The third-order valence-electron chi connectivity index (χ3n) is 6.82. The molecule has 0 saturated carbocycles. The maximum Gasteiger partial charge on any atom is 0.306 e. The Balaban J connectivity index is 1.58. The molecule has 11 heteroatoms. The lowest BCUT2D eigenvalue weighted by Crippen LogP contribution is -2.49. The van der Waals surface area contributed by atoms with Crippen LogP contribution < -0.4 is 10.1 Å². The number of hydrogen-bond donors (Lipinski definition) is 1. The molecule has 204 valence electrons. The molecule has 1 unspecified atom stereocenters. The monoisotopic (exact) mass is 536 g/mol. The fourth-order valence-corrected chi connectivity index (χ4v) is 5.18. The molecule has 1 aromatic rings. The van der Waals surface area contributed by atoms with Crippen molar-refractivity contribution in [1.82, 2.24) is 20.1 Å². The number of methoxy groups -OCH3 is 1. The van der Waals surface area contributed by atoms with Crippen LogP contribution in [-0.4, -0.2) is 83.4 Å². The number of piperidine rings is 1. The highest BCUT2D eigenvalue weighted by Crippen LogP contribution is 2.41. The van der Waals surface area contributed by atoms with E-state index < -0.39 is 17.6 Å². The van der Waals surface area contributed by atoms with Crippen LogP contribution >= 0.6 is 11.6 Å². The minimum atomic E-state index is -0.784. The molecule has 0 radical (unpaired) electrons. The molecule has 0 aromatic carbocycles. The number of nitrogens with zero attached hydrogens (tertiary/aromatic N) is 3. The Labute approximate surface area is 223 Å². The van der Waals surface area contributed by atoms with Gasteiger partial charge in [-0.15, -0.1) is 0 Å². The maximum absolute atomic E-state index is 13.3. The zero-order chi connectivity index (χ0) is 27.4. The number of likely N-dealkylation sites (tertiary alicyclic amines) is 2. The van der Waals surface area contributed by atoms with Crippen LogP contribution in [0.2, 0.25) is 5.15 Å². The highest BCUT2D eigenvalue weighted by Gasteiger charge is 2.44. The van der Waals surface area contributed by atoms with Crippen molar-refractivity contribution < 1.29 is 28.7 Å². The summed E-state index contributed by atoms with van der Waals surface area (Å²) in [5, 5.41) is 2.90. The highest BCUT2D eigenvalue weighted by molar-refractivity contribution is 6.29. The quantitative estimate of drug-likeness (QED) is 0.420. The smallest absolute Gasteiger partial charge is 0.306 e. The average Bonchev–Trinajstić information content (AvgIpc) is 3.23. The van der Waals surface area contributed by atoms with Crippen molar-refractivity contribution >= 4 is 35.3 Å². The Morgan fingerprint density at radius 1 is 1.11 bits per heavy atom. The van der Waals surface area contributed by atoms with Crippen molar-refractivity contribution in [2.45, 2.75) is 71.4 Å². The molecule has 1 aromatic heterocycles. The lowest BCUT2D eigenvalue weighted by atomic mass is 9.77. The molecule has 1 N–H and O–H groups in total. The third-order valence-corrected chi connectivity index (χ3v) is 7.01. The van der Waals surface area contributed by atoms with Crippen LogP contribution in [0.25, 0.3) is 0 Å². The summed E-state index contributed by atoms with van der Waals surface area (Å²) in [5.41, 5.74) is -0.261. The van der Waals surface area contributed by atoms with E-state index in [1.807, 2.05) is 0 Å². The first-order chi connectivity index (χ1) is 17.3. The van der Waals surface area contributed by atoms with Crippen molar-refractivity contribution in [3.8, 4) is 5.88 Å². The molecule has 2 aliphatic heterocycles. The number of ether oxygens (including phenoxy) is 2. The van der Waals surface area contributed by atoms with Crippen LogP contribution in [0.15, 0.2) is 12.1 Å². The van der Waals surface area contributed by atoms with Crippen LogP contribution in [0.5, 0.6) is 5.88 Å². The number of halogens is 1. The van der Waals surface area contributed by atoms with E-state index in [1.54, 1.807) is 36.6 Å². The average molecular weight is 537 g/mol. The van der Waals surface area contributed by atoms with E-state index in [0.29, 0.717) is 31.7 Å². The van der Waals surface area contributed by atoms with E-state index in [1.165, 1.54) is 20.1 Å². The molecule has 1 atom stereocenters. The Kier molecular flexibility index (Phi) is 9.05. The van der Waals surface area contributed by atoms with Crippen molar-refractivity contribution in [3.63, 3.8) is 0 Å². The summed E-state index contributed by atoms with van der Waals surface area (Å²) in [6.45, 7) is 8.98. The minimum Gasteiger partial charge on any atom is -0.481 e. The predicted molar refractivity (Wildman–Crippen MR) is 137 cm³/mol. The summed E-state index contributed by atoms with van der Waals surface area (Å²) in [6.07, 6.45) is 2.57.